The number of likely N-dealkylation sites (tertiary alicyclic amines) is 1. The molecule has 2 N–H and O–H groups in total. The molecular weight excluding hydrogens is 342 g/mol. The Balaban J connectivity index is 1.53. The lowest BCUT2D eigenvalue weighted by Crippen LogP contribution is -2.39. The number of carbonyl (C=O) groups is 2. The van der Waals surface area contributed by atoms with E-state index >= 15 is 0 Å². The molecule has 5 rings (SSSR count). The lowest BCUT2D eigenvalue weighted by Gasteiger charge is -2.23. The first kappa shape index (κ1) is 15.8. The van der Waals surface area contributed by atoms with Gasteiger partial charge >= 0.3 is 0 Å². The van der Waals surface area contributed by atoms with Gasteiger partial charge in [0.05, 0.1) is 11.0 Å². The normalized spacial score (nSPS) is 20.9. The third kappa shape index (κ3) is 2.16. The number of nitrogens with zero attached hydrogens (tertiary/aromatic N) is 1. The van der Waals surface area contributed by atoms with Crippen LogP contribution >= 0.6 is 0 Å². The standard InChI is InChI=1S/C21H17N3O3/c25-18-14-6-2-1-5-13(14)15(11-22-18)19(26)24-10-9-21(12-24)16-7-3-4-8-17(16)23-20(21)27/h1-8,11H,9-10,12H2,(H,22,25)(H,23,27). The number of amides is 2. The van der Waals surface area contributed by atoms with Gasteiger partial charge < -0.3 is 15.2 Å². The number of hydrogen-bond donors (Lipinski definition) is 2. The van der Waals surface area contributed by atoms with E-state index in [0.29, 0.717) is 35.8 Å². The molecule has 134 valence electrons. The summed E-state index contributed by atoms with van der Waals surface area (Å²) < 4.78 is 0. The first-order valence-electron chi connectivity index (χ1n) is 8.91. The number of para-hydroxylation sites is 1. The minimum Gasteiger partial charge on any atom is -0.337 e. The van der Waals surface area contributed by atoms with Crippen LogP contribution in [0.15, 0.2) is 59.5 Å². The Bertz CT molecular complexity index is 1170. The molecule has 1 fully saturated rings. The lowest BCUT2D eigenvalue weighted by molar-refractivity contribution is -0.120. The van der Waals surface area contributed by atoms with Crippen LogP contribution in [0.4, 0.5) is 5.69 Å². The van der Waals surface area contributed by atoms with Gasteiger partial charge in [-0.15, -0.1) is 0 Å². The molecule has 0 saturated carbocycles. The maximum absolute atomic E-state index is 13.2. The zero-order valence-electron chi connectivity index (χ0n) is 14.5. The Labute approximate surface area is 154 Å². The van der Waals surface area contributed by atoms with Crippen LogP contribution in [0.25, 0.3) is 10.8 Å². The van der Waals surface area contributed by atoms with Gasteiger partial charge in [-0.05, 0) is 24.1 Å². The van der Waals surface area contributed by atoms with Crippen molar-refractivity contribution < 1.29 is 9.59 Å². The SMILES string of the molecule is O=C(c1c[nH]c(=O)c2ccccc12)N1CCC2(C1)C(=O)Nc1ccccc12. The maximum Gasteiger partial charge on any atom is 0.256 e. The number of rotatable bonds is 1. The van der Waals surface area contributed by atoms with Gasteiger partial charge in [0.15, 0.2) is 0 Å². The number of nitrogens with one attached hydrogen (secondary N) is 2. The summed E-state index contributed by atoms with van der Waals surface area (Å²) >= 11 is 0. The molecule has 1 spiro atoms. The van der Waals surface area contributed by atoms with Crippen LogP contribution in [0.1, 0.15) is 22.3 Å². The number of anilines is 1. The molecule has 2 aliphatic heterocycles. The summed E-state index contributed by atoms with van der Waals surface area (Å²) in [6, 6.07) is 14.7. The Morgan fingerprint density at radius 2 is 1.74 bits per heavy atom. The first-order valence-corrected chi connectivity index (χ1v) is 8.91. The Morgan fingerprint density at radius 1 is 1.00 bits per heavy atom. The smallest absolute Gasteiger partial charge is 0.256 e. The van der Waals surface area contributed by atoms with Gasteiger partial charge in [0.2, 0.25) is 5.91 Å². The first-order chi connectivity index (χ1) is 13.1. The summed E-state index contributed by atoms with van der Waals surface area (Å²) in [7, 11) is 0. The second-order valence-corrected chi connectivity index (χ2v) is 7.14. The van der Waals surface area contributed by atoms with E-state index in [0.717, 1.165) is 11.3 Å². The zero-order chi connectivity index (χ0) is 18.6. The summed E-state index contributed by atoms with van der Waals surface area (Å²) in [5.41, 5.74) is 1.32. The van der Waals surface area contributed by atoms with E-state index in [1.54, 1.807) is 23.1 Å². The second-order valence-electron chi connectivity index (χ2n) is 7.14. The molecule has 0 bridgehead atoms. The molecular formula is C21H17N3O3. The van der Waals surface area contributed by atoms with Gasteiger partial charge in [0.25, 0.3) is 11.5 Å². The fourth-order valence-electron chi connectivity index (χ4n) is 4.32. The summed E-state index contributed by atoms with van der Waals surface area (Å²) in [4.78, 5) is 42.3. The van der Waals surface area contributed by atoms with Crippen molar-refractivity contribution >= 4 is 28.3 Å². The van der Waals surface area contributed by atoms with Crippen molar-refractivity contribution in [3.05, 3.63) is 76.2 Å². The molecule has 6 heteroatoms. The fourth-order valence-corrected chi connectivity index (χ4v) is 4.32. The third-order valence-electron chi connectivity index (χ3n) is 5.72. The van der Waals surface area contributed by atoms with Crippen molar-refractivity contribution in [2.75, 3.05) is 18.4 Å². The Morgan fingerprint density at radius 3 is 2.59 bits per heavy atom. The Hall–Kier alpha value is -3.41. The van der Waals surface area contributed by atoms with Gasteiger partial charge in [-0.3, -0.25) is 14.4 Å². The van der Waals surface area contributed by atoms with E-state index < -0.39 is 5.41 Å². The topological polar surface area (TPSA) is 82.3 Å². The van der Waals surface area contributed by atoms with Gasteiger partial charge in [-0.2, -0.15) is 0 Å². The monoisotopic (exact) mass is 359 g/mol. The number of fused-ring (bicyclic) bond motifs is 3. The predicted octanol–water partition coefficient (Wildman–Crippen LogP) is 2.26. The third-order valence-corrected chi connectivity index (χ3v) is 5.72. The minimum atomic E-state index is -0.690. The summed E-state index contributed by atoms with van der Waals surface area (Å²) in [6.07, 6.45) is 2.06. The highest BCUT2D eigenvalue weighted by atomic mass is 16.2. The van der Waals surface area contributed by atoms with Gasteiger partial charge in [0.1, 0.15) is 0 Å². The van der Waals surface area contributed by atoms with Crippen molar-refractivity contribution in [2.24, 2.45) is 0 Å². The molecule has 2 aromatic carbocycles. The highest BCUT2D eigenvalue weighted by Gasteiger charge is 2.52. The van der Waals surface area contributed by atoms with Crippen molar-refractivity contribution in [1.29, 1.82) is 0 Å². The summed E-state index contributed by atoms with van der Waals surface area (Å²) in [5, 5.41) is 4.06. The van der Waals surface area contributed by atoms with Crippen LogP contribution in [0, 0.1) is 0 Å². The molecule has 0 aliphatic carbocycles. The van der Waals surface area contributed by atoms with E-state index in [-0.39, 0.29) is 17.4 Å². The molecule has 0 radical (unpaired) electrons. The van der Waals surface area contributed by atoms with Crippen LogP contribution in [0.3, 0.4) is 0 Å². The highest BCUT2D eigenvalue weighted by Crippen LogP contribution is 2.44. The van der Waals surface area contributed by atoms with Crippen LogP contribution in [-0.4, -0.2) is 34.8 Å². The summed E-state index contributed by atoms with van der Waals surface area (Å²) in [6.45, 7) is 0.830. The predicted molar refractivity (Wildman–Crippen MR) is 102 cm³/mol. The average Bonchev–Trinajstić information content (AvgIpc) is 3.25. The van der Waals surface area contributed by atoms with Crippen LogP contribution in [0.5, 0.6) is 0 Å². The number of aromatic nitrogens is 1. The van der Waals surface area contributed by atoms with Crippen molar-refractivity contribution in [3.8, 4) is 0 Å². The number of carbonyl (C=O) groups excluding carboxylic acids is 2. The highest BCUT2D eigenvalue weighted by molar-refractivity contribution is 6.09. The fraction of sp³-hybridized carbons (Fsp3) is 0.190. The molecule has 1 aromatic heterocycles. The second kappa shape index (κ2) is 5.54. The lowest BCUT2D eigenvalue weighted by atomic mass is 9.81. The van der Waals surface area contributed by atoms with E-state index in [1.165, 1.54) is 6.20 Å². The van der Waals surface area contributed by atoms with Gasteiger partial charge in [0, 0.05) is 35.7 Å². The van der Waals surface area contributed by atoms with E-state index in [1.807, 2.05) is 30.3 Å². The quantitative estimate of drug-likeness (QED) is 0.699. The molecule has 3 aromatic rings. The van der Waals surface area contributed by atoms with E-state index in [2.05, 4.69) is 10.3 Å². The van der Waals surface area contributed by atoms with Crippen molar-refractivity contribution in [1.82, 2.24) is 9.88 Å². The number of hydrogen-bond acceptors (Lipinski definition) is 3. The number of benzene rings is 2. The molecule has 1 atom stereocenters. The van der Waals surface area contributed by atoms with Crippen LogP contribution < -0.4 is 10.9 Å². The molecule has 3 heterocycles. The molecule has 1 unspecified atom stereocenters. The minimum absolute atomic E-state index is 0.0506. The summed E-state index contributed by atoms with van der Waals surface area (Å²) in [5.74, 6) is -0.221. The van der Waals surface area contributed by atoms with Gasteiger partial charge in [-0.25, -0.2) is 0 Å². The Kier molecular flexibility index (Phi) is 3.25. The van der Waals surface area contributed by atoms with Crippen LogP contribution in [0.2, 0.25) is 0 Å². The maximum atomic E-state index is 13.2. The van der Waals surface area contributed by atoms with Crippen LogP contribution in [-0.2, 0) is 10.2 Å². The number of pyridine rings is 1. The number of aromatic amines is 1. The van der Waals surface area contributed by atoms with Crippen molar-refractivity contribution in [2.45, 2.75) is 11.8 Å². The molecule has 1 saturated heterocycles. The average molecular weight is 359 g/mol. The molecule has 6 nitrogen and oxygen atoms in total. The van der Waals surface area contributed by atoms with Gasteiger partial charge in [-0.1, -0.05) is 36.4 Å². The molecule has 2 amide bonds. The molecule has 2 aliphatic rings. The molecule has 27 heavy (non-hydrogen) atoms. The zero-order valence-corrected chi connectivity index (χ0v) is 14.5. The largest absolute Gasteiger partial charge is 0.337 e. The van der Waals surface area contributed by atoms with E-state index in [4.69, 9.17) is 0 Å². The van der Waals surface area contributed by atoms with E-state index in [9.17, 15) is 14.4 Å². The number of H-pyrrole nitrogens is 1. The van der Waals surface area contributed by atoms with Crippen molar-refractivity contribution in [3.63, 3.8) is 0 Å².